The Hall–Kier alpha value is -1.90. The number of sulfonamides is 1. The SMILES string of the molecule is CC1CCC(N2CCC(C#N)(NC(=O)C(CC3CCCCC3)N/C(=N/S(C)(=O)=O)N3CCOCC3)C2)CC1. The maximum absolute atomic E-state index is 13.9. The fraction of sp³-hybridized carbons (Fsp3) is 0.889. The normalized spacial score (nSPS) is 31.0. The fourth-order valence-electron chi connectivity index (χ4n) is 6.55. The molecular weight excluding hydrogens is 504 g/mol. The number of likely N-dealkylation sites (tertiary alicyclic amines) is 1. The van der Waals surface area contributed by atoms with E-state index in [9.17, 15) is 18.5 Å². The van der Waals surface area contributed by atoms with E-state index >= 15 is 0 Å². The Morgan fingerprint density at radius 2 is 1.79 bits per heavy atom. The van der Waals surface area contributed by atoms with Gasteiger partial charge in [-0.3, -0.25) is 9.69 Å². The summed E-state index contributed by atoms with van der Waals surface area (Å²) in [6.45, 7) is 5.58. The number of nitrogens with zero attached hydrogens (tertiary/aromatic N) is 4. The van der Waals surface area contributed by atoms with Crippen LogP contribution in [0.5, 0.6) is 0 Å². The van der Waals surface area contributed by atoms with Gasteiger partial charge in [0.1, 0.15) is 11.6 Å². The largest absolute Gasteiger partial charge is 0.378 e. The molecule has 214 valence electrons. The first-order valence-electron chi connectivity index (χ1n) is 14.5. The molecule has 4 rings (SSSR count). The van der Waals surface area contributed by atoms with Crippen LogP contribution in [0, 0.1) is 23.2 Å². The van der Waals surface area contributed by atoms with Gasteiger partial charge in [-0.15, -0.1) is 4.40 Å². The lowest BCUT2D eigenvalue weighted by Crippen LogP contribution is -2.59. The highest BCUT2D eigenvalue weighted by Gasteiger charge is 2.44. The van der Waals surface area contributed by atoms with E-state index in [1.807, 2.05) is 4.90 Å². The smallest absolute Gasteiger partial charge is 0.253 e. The summed E-state index contributed by atoms with van der Waals surface area (Å²) >= 11 is 0. The van der Waals surface area contributed by atoms with Crippen molar-refractivity contribution in [1.29, 1.82) is 5.26 Å². The summed E-state index contributed by atoms with van der Waals surface area (Å²) in [5.74, 6) is 1.08. The summed E-state index contributed by atoms with van der Waals surface area (Å²) in [5.41, 5.74) is -0.931. The molecular formula is C27H46N6O4S. The topological polar surface area (TPSA) is 127 Å². The van der Waals surface area contributed by atoms with Gasteiger partial charge in [0.25, 0.3) is 10.0 Å². The zero-order valence-electron chi connectivity index (χ0n) is 23.2. The fourth-order valence-corrected chi connectivity index (χ4v) is 7.04. The second-order valence-corrected chi connectivity index (χ2v) is 13.6. The van der Waals surface area contributed by atoms with Crippen molar-refractivity contribution in [2.24, 2.45) is 16.2 Å². The molecule has 38 heavy (non-hydrogen) atoms. The van der Waals surface area contributed by atoms with E-state index in [0.717, 1.165) is 57.2 Å². The minimum Gasteiger partial charge on any atom is -0.378 e. The molecule has 10 nitrogen and oxygen atoms in total. The minimum atomic E-state index is -3.69. The van der Waals surface area contributed by atoms with Crippen molar-refractivity contribution in [3.05, 3.63) is 0 Å². The third-order valence-electron chi connectivity index (χ3n) is 8.85. The van der Waals surface area contributed by atoms with Crippen molar-refractivity contribution < 1.29 is 17.9 Å². The number of hydrogen-bond donors (Lipinski definition) is 2. The standard InChI is InChI=1S/C27H46N6O4S/c1-21-8-10-23(11-9-21)33-13-12-27(19-28,20-33)30-25(34)24(18-22-6-4-3-5-7-22)29-26(31-38(2,35)36)32-14-16-37-17-15-32/h21-24H,3-18,20H2,1-2H3,(H,29,31)(H,30,34). The van der Waals surface area contributed by atoms with Crippen LogP contribution in [0.4, 0.5) is 0 Å². The van der Waals surface area contributed by atoms with Crippen molar-refractivity contribution in [2.75, 3.05) is 45.6 Å². The van der Waals surface area contributed by atoms with Crippen LogP contribution in [0.15, 0.2) is 4.40 Å². The average molecular weight is 551 g/mol. The lowest BCUT2D eigenvalue weighted by atomic mass is 9.84. The van der Waals surface area contributed by atoms with Crippen LogP contribution < -0.4 is 10.6 Å². The number of nitriles is 1. The monoisotopic (exact) mass is 550 g/mol. The molecule has 2 unspecified atom stereocenters. The zero-order valence-corrected chi connectivity index (χ0v) is 24.0. The van der Waals surface area contributed by atoms with Gasteiger partial charge in [-0.2, -0.15) is 5.26 Å². The molecule has 0 aromatic carbocycles. The molecule has 1 amide bonds. The quantitative estimate of drug-likeness (QED) is 0.365. The molecule has 0 aromatic rings. The van der Waals surface area contributed by atoms with Crippen LogP contribution in [0.1, 0.15) is 77.6 Å². The number of hydrogen-bond acceptors (Lipinski definition) is 6. The van der Waals surface area contributed by atoms with E-state index < -0.39 is 21.6 Å². The van der Waals surface area contributed by atoms with Crippen LogP contribution >= 0.6 is 0 Å². The lowest BCUT2D eigenvalue weighted by molar-refractivity contribution is -0.124. The highest BCUT2D eigenvalue weighted by atomic mass is 32.2. The van der Waals surface area contributed by atoms with Crippen molar-refractivity contribution in [1.82, 2.24) is 20.4 Å². The van der Waals surface area contributed by atoms with E-state index in [2.05, 4.69) is 32.9 Å². The van der Waals surface area contributed by atoms with Crippen molar-refractivity contribution in [2.45, 2.75) is 95.2 Å². The molecule has 2 saturated heterocycles. The zero-order chi connectivity index (χ0) is 27.2. The summed E-state index contributed by atoms with van der Waals surface area (Å²) in [6, 6.07) is 2.25. The Kier molecular flexibility index (Phi) is 9.93. The summed E-state index contributed by atoms with van der Waals surface area (Å²) in [6.07, 6.45) is 12.6. The van der Waals surface area contributed by atoms with Gasteiger partial charge in [0.15, 0.2) is 0 Å². The Morgan fingerprint density at radius 1 is 1.11 bits per heavy atom. The van der Waals surface area contributed by atoms with Crippen LogP contribution in [0.2, 0.25) is 0 Å². The number of morpholine rings is 1. The van der Waals surface area contributed by atoms with E-state index in [1.165, 1.54) is 19.3 Å². The molecule has 0 bridgehead atoms. The molecule has 2 saturated carbocycles. The summed E-state index contributed by atoms with van der Waals surface area (Å²) in [4.78, 5) is 18.1. The second-order valence-electron chi connectivity index (χ2n) is 12.0. The van der Waals surface area contributed by atoms with E-state index in [4.69, 9.17) is 4.74 Å². The van der Waals surface area contributed by atoms with Crippen LogP contribution in [0.25, 0.3) is 0 Å². The molecule has 2 atom stereocenters. The van der Waals surface area contributed by atoms with E-state index in [0.29, 0.717) is 57.6 Å². The Balaban J connectivity index is 1.50. The minimum absolute atomic E-state index is 0.196. The molecule has 2 N–H and O–H groups in total. The number of rotatable bonds is 7. The maximum Gasteiger partial charge on any atom is 0.253 e. The molecule has 2 aliphatic heterocycles. The Bertz CT molecular complexity index is 978. The number of nitrogens with one attached hydrogen (secondary N) is 2. The molecule has 0 aromatic heterocycles. The van der Waals surface area contributed by atoms with Gasteiger partial charge in [0.2, 0.25) is 11.9 Å². The predicted molar refractivity (Wildman–Crippen MR) is 147 cm³/mol. The van der Waals surface area contributed by atoms with Gasteiger partial charge in [-0.1, -0.05) is 39.0 Å². The first kappa shape index (κ1) is 29.1. The number of carbonyl (C=O) groups is 1. The van der Waals surface area contributed by atoms with Crippen molar-refractivity contribution in [3.8, 4) is 6.07 Å². The lowest BCUT2D eigenvalue weighted by Gasteiger charge is -2.35. The molecule has 0 spiro atoms. The van der Waals surface area contributed by atoms with Crippen LogP contribution in [-0.2, 0) is 19.6 Å². The predicted octanol–water partition coefficient (Wildman–Crippen LogP) is 2.23. The summed E-state index contributed by atoms with van der Waals surface area (Å²) < 4.78 is 33.8. The van der Waals surface area contributed by atoms with E-state index in [-0.39, 0.29) is 11.9 Å². The van der Waals surface area contributed by atoms with Crippen LogP contribution in [-0.4, -0.2) is 93.4 Å². The highest BCUT2D eigenvalue weighted by molar-refractivity contribution is 7.89. The molecule has 0 radical (unpaired) electrons. The summed E-state index contributed by atoms with van der Waals surface area (Å²) in [7, 11) is -3.69. The van der Waals surface area contributed by atoms with Gasteiger partial charge >= 0.3 is 0 Å². The molecule has 2 heterocycles. The van der Waals surface area contributed by atoms with Crippen molar-refractivity contribution >= 4 is 21.9 Å². The van der Waals surface area contributed by atoms with Gasteiger partial charge in [0, 0.05) is 32.2 Å². The van der Waals surface area contributed by atoms with Gasteiger partial charge in [-0.05, 0) is 50.4 Å². The molecule has 4 aliphatic rings. The average Bonchev–Trinajstić information content (AvgIpc) is 3.33. The first-order valence-corrected chi connectivity index (χ1v) is 16.4. The third kappa shape index (κ3) is 8.06. The van der Waals surface area contributed by atoms with Gasteiger partial charge in [-0.25, -0.2) is 8.42 Å². The Morgan fingerprint density at radius 3 is 2.42 bits per heavy atom. The molecule has 4 fully saturated rings. The second kappa shape index (κ2) is 13.0. The van der Waals surface area contributed by atoms with Crippen molar-refractivity contribution in [3.63, 3.8) is 0 Å². The summed E-state index contributed by atoms with van der Waals surface area (Å²) in [5, 5.41) is 16.6. The highest BCUT2D eigenvalue weighted by Crippen LogP contribution is 2.32. The first-order chi connectivity index (χ1) is 18.2. The molecule has 11 heteroatoms. The Labute approximate surface area is 228 Å². The van der Waals surface area contributed by atoms with E-state index in [1.54, 1.807) is 0 Å². The number of amides is 1. The number of guanidine groups is 1. The molecule has 2 aliphatic carbocycles. The maximum atomic E-state index is 13.9. The third-order valence-corrected chi connectivity index (χ3v) is 9.36. The van der Waals surface area contributed by atoms with Gasteiger partial charge < -0.3 is 20.3 Å². The number of ether oxygens (including phenoxy) is 1. The van der Waals surface area contributed by atoms with Gasteiger partial charge in [0.05, 0.1) is 25.5 Å². The number of carbonyl (C=O) groups excluding carboxylic acids is 1. The van der Waals surface area contributed by atoms with Crippen LogP contribution in [0.3, 0.4) is 0 Å².